The van der Waals surface area contributed by atoms with Gasteiger partial charge in [-0.2, -0.15) is 0 Å². The molecule has 1 rings (SSSR count). The molecule has 0 aliphatic rings. The zero-order chi connectivity index (χ0) is 15.6. The average Bonchev–Trinajstić information content (AvgIpc) is 2.26. The lowest BCUT2D eigenvalue weighted by molar-refractivity contribution is 0.344. The summed E-state index contributed by atoms with van der Waals surface area (Å²) in [5.74, 6) is 0.299. The predicted molar refractivity (Wildman–Crippen MR) is 90.9 cm³/mol. The van der Waals surface area contributed by atoms with Crippen molar-refractivity contribution in [3.05, 3.63) is 28.2 Å². The first-order valence-corrected chi connectivity index (χ1v) is 8.53. The Morgan fingerprint density at radius 3 is 2.14 bits per heavy atom. The Morgan fingerprint density at radius 2 is 1.76 bits per heavy atom. The van der Waals surface area contributed by atoms with Crippen LogP contribution in [0.5, 0.6) is 0 Å². The number of halogens is 3. The van der Waals surface area contributed by atoms with Gasteiger partial charge >= 0.3 is 0 Å². The van der Waals surface area contributed by atoms with Gasteiger partial charge in [-0.15, -0.1) is 12.4 Å². The van der Waals surface area contributed by atoms with E-state index in [1.165, 1.54) is 12.1 Å². The zero-order valence-corrected chi connectivity index (χ0v) is 15.3. The maximum absolute atomic E-state index is 12.5. The van der Waals surface area contributed by atoms with Gasteiger partial charge in [0.05, 0.1) is 10.0 Å². The fourth-order valence-corrected chi connectivity index (χ4v) is 4.76. The summed E-state index contributed by atoms with van der Waals surface area (Å²) in [5, 5.41) is 0.183. The molecule has 0 spiro atoms. The second-order valence-corrected chi connectivity index (χ2v) is 7.95. The maximum Gasteiger partial charge on any atom is 0.244 e. The van der Waals surface area contributed by atoms with Gasteiger partial charge in [0.2, 0.25) is 10.0 Å². The summed E-state index contributed by atoms with van der Waals surface area (Å²) >= 11 is 11.9. The molecule has 4 nitrogen and oxygen atoms in total. The Balaban J connectivity index is 0.00000400. The summed E-state index contributed by atoms with van der Waals surface area (Å²) < 4.78 is 27.6. The fourth-order valence-electron chi connectivity index (χ4n) is 2.18. The van der Waals surface area contributed by atoms with E-state index in [2.05, 4.69) is 4.72 Å². The summed E-state index contributed by atoms with van der Waals surface area (Å²) in [6, 6.07) is 4.58. The van der Waals surface area contributed by atoms with Crippen molar-refractivity contribution in [2.24, 2.45) is 11.7 Å². The van der Waals surface area contributed by atoms with Gasteiger partial charge in [-0.3, -0.25) is 0 Å². The van der Waals surface area contributed by atoms with E-state index >= 15 is 0 Å². The largest absolute Gasteiger partial charge is 0.329 e. The Bertz CT molecular complexity index is 559. The standard InChI is InChI=1S/C13H20Cl2N2O2S.ClH/c1-9(2)7-13(3,8-16)17-20(18,19)12-10(14)5-4-6-11(12)15;/h4-6,9,17H,7-8,16H2,1-3H3;1H. The van der Waals surface area contributed by atoms with Crippen molar-refractivity contribution < 1.29 is 8.42 Å². The molecule has 0 fully saturated rings. The second kappa shape index (κ2) is 7.99. The zero-order valence-electron chi connectivity index (χ0n) is 12.2. The Hall–Kier alpha value is -0.0400. The van der Waals surface area contributed by atoms with Crippen molar-refractivity contribution in [2.45, 2.75) is 37.6 Å². The van der Waals surface area contributed by atoms with E-state index in [4.69, 9.17) is 28.9 Å². The highest BCUT2D eigenvalue weighted by molar-refractivity contribution is 7.89. The first kappa shape index (κ1) is 21.0. The van der Waals surface area contributed by atoms with Crippen LogP contribution in [0.15, 0.2) is 23.1 Å². The molecule has 0 heterocycles. The highest BCUT2D eigenvalue weighted by Crippen LogP contribution is 2.30. The fraction of sp³-hybridized carbons (Fsp3) is 0.538. The lowest BCUT2D eigenvalue weighted by Gasteiger charge is -2.31. The number of nitrogens with one attached hydrogen (secondary N) is 1. The predicted octanol–water partition coefficient (Wildman–Crippen LogP) is 3.46. The summed E-state index contributed by atoms with van der Waals surface area (Å²) in [6.07, 6.45) is 0.616. The molecular weight excluding hydrogens is 355 g/mol. The molecule has 1 aromatic carbocycles. The molecule has 21 heavy (non-hydrogen) atoms. The van der Waals surface area contributed by atoms with Crippen molar-refractivity contribution in [3.63, 3.8) is 0 Å². The van der Waals surface area contributed by atoms with Gasteiger partial charge in [-0.05, 0) is 31.4 Å². The van der Waals surface area contributed by atoms with Crippen molar-refractivity contribution in [3.8, 4) is 0 Å². The number of hydrogen-bond acceptors (Lipinski definition) is 3. The molecule has 0 aliphatic heterocycles. The van der Waals surface area contributed by atoms with Gasteiger partial charge in [-0.25, -0.2) is 13.1 Å². The van der Waals surface area contributed by atoms with Crippen LogP contribution in [0.2, 0.25) is 10.0 Å². The van der Waals surface area contributed by atoms with Gasteiger partial charge in [0.15, 0.2) is 0 Å². The smallest absolute Gasteiger partial charge is 0.244 e. The van der Waals surface area contributed by atoms with E-state index in [0.717, 1.165) is 0 Å². The number of benzene rings is 1. The third kappa shape index (κ3) is 5.58. The first-order chi connectivity index (χ1) is 9.11. The number of nitrogens with two attached hydrogens (primary N) is 1. The Morgan fingerprint density at radius 1 is 1.29 bits per heavy atom. The van der Waals surface area contributed by atoms with Crippen LogP contribution in [-0.4, -0.2) is 20.5 Å². The molecule has 0 aromatic heterocycles. The molecule has 0 radical (unpaired) electrons. The normalized spacial score (nSPS) is 14.6. The molecule has 8 heteroatoms. The minimum atomic E-state index is -3.83. The number of sulfonamides is 1. The van der Waals surface area contributed by atoms with Gasteiger partial charge in [-0.1, -0.05) is 43.1 Å². The molecule has 0 saturated heterocycles. The van der Waals surface area contributed by atoms with Gasteiger partial charge in [0, 0.05) is 12.1 Å². The van der Waals surface area contributed by atoms with Crippen LogP contribution in [0, 0.1) is 5.92 Å². The van der Waals surface area contributed by atoms with E-state index in [1.807, 2.05) is 13.8 Å². The third-order valence-electron chi connectivity index (χ3n) is 2.88. The van der Waals surface area contributed by atoms with Crippen LogP contribution in [-0.2, 0) is 10.0 Å². The molecule has 1 unspecified atom stereocenters. The molecule has 1 atom stereocenters. The van der Waals surface area contributed by atoms with Crippen molar-refractivity contribution >= 4 is 45.6 Å². The van der Waals surface area contributed by atoms with E-state index in [-0.39, 0.29) is 33.9 Å². The molecule has 122 valence electrons. The van der Waals surface area contributed by atoms with Crippen molar-refractivity contribution in [1.82, 2.24) is 4.72 Å². The molecular formula is C13H21Cl3N2O2S. The third-order valence-corrected chi connectivity index (χ3v) is 5.47. The Labute approximate surface area is 142 Å². The molecule has 1 aromatic rings. The van der Waals surface area contributed by atoms with Gasteiger partial charge in [0.25, 0.3) is 0 Å². The van der Waals surface area contributed by atoms with Crippen LogP contribution < -0.4 is 10.5 Å². The maximum atomic E-state index is 12.5. The van der Waals surface area contributed by atoms with Gasteiger partial charge in [0.1, 0.15) is 4.90 Å². The van der Waals surface area contributed by atoms with Crippen molar-refractivity contribution in [1.29, 1.82) is 0 Å². The Kier molecular flexibility index (Phi) is 7.98. The van der Waals surface area contributed by atoms with Crippen LogP contribution in [0.25, 0.3) is 0 Å². The molecule has 3 N–H and O–H groups in total. The monoisotopic (exact) mass is 374 g/mol. The highest BCUT2D eigenvalue weighted by atomic mass is 35.5. The van der Waals surface area contributed by atoms with Crippen LogP contribution >= 0.6 is 35.6 Å². The molecule has 0 bridgehead atoms. The topological polar surface area (TPSA) is 72.2 Å². The summed E-state index contributed by atoms with van der Waals surface area (Å²) in [7, 11) is -3.83. The summed E-state index contributed by atoms with van der Waals surface area (Å²) in [6.45, 7) is 5.97. The van der Waals surface area contributed by atoms with E-state index < -0.39 is 15.6 Å². The van der Waals surface area contributed by atoms with Crippen molar-refractivity contribution in [2.75, 3.05) is 6.54 Å². The lowest BCUT2D eigenvalue weighted by atomic mass is 9.92. The average molecular weight is 376 g/mol. The molecule has 0 amide bonds. The minimum Gasteiger partial charge on any atom is -0.329 e. The van der Waals surface area contributed by atoms with Crippen LogP contribution in [0.3, 0.4) is 0 Å². The number of hydrogen-bond donors (Lipinski definition) is 2. The first-order valence-electron chi connectivity index (χ1n) is 6.29. The van der Waals surface area contributed by atoms with Crippen LogP contribution in [0.4, 0.5) is 0 Å². The molecule has 0 saturated carbocycles. The number of rotatable bonds is 6. The van der Waals surface area contributed by atoms with E-state index in [1.54, 1.807) is 13.0 Å². The highest BCUT2D eigenvalue weighted by Gasteiger charge is 2.32. The van der Waals surface area contributed by atoms with Gasteiger partial charge < -0.3 is 5.73 Å². The lowest BCUT2D eigenvalue weighted by Crippen LogP contribution is -2.52. The second-order valence-electron chi connectivity index (χ2n) is 5.52. The van der Waals surface area contributed by atoms with E-state index in [9.17, 15) is 8.42 Å². The van der Waals surface area contributed by atoms with Crippen LogP contribution in [0.1, 0.15) is 27.2 Å². The summed E-state index contributed by atoms with van der Waals surface area (Å²) in [4.78, 5) is -0.105. The van der Waals surface area contributed by atoms with E-state index in [0.29, 0.717) is 12.3 Å². The molecule has 0 aliphatic carbocycles. The quantitative estimate of drug-likeness (QED) is 0.799. The SMILES string of the molecule is CC(C)CC(C)(CN)NS(=O)(=O)c1c(Cl)cccc1Cl.Cl. The summed E-state index contributed by atoms with van der Waals surface area (Å²) in [5.41, 5.74) is 4.98. The minimum absolute atomic E-state index is 0.